The van der Waals surface area contributed by atoms with E-state index in [0.717, 1.165) is 11.3 Å². The number of hydrogen-bond acceptors (Lipinski definition) is 3. The molecule has 0 aromatic heterocycles. The molecule has 0 aliphatic rings. The third-order valence-electron chi connectivity index (χ3n) is 3.27. The van der Waals surface area contributed by atoms with E-state index in [4.69, 9.17) is 10.5 Å². The van der Waals surface area contributed by atoms with E-state index in [1.165, 1.54) is 0 Å². The molecule has 1 rings (SSSR count). The smallest absolute Gasteiger partial charge is 0.239 e. The minimum Gasteiger partial charge on any atom is -0.496 e. The average Bonchev–Trinajstić information content (AvgIpc) is 2.43. The highest BCUT2D eigenvalue weighted by Gasteiger charge is 2.23. The Bertz CT molecular complexity index is 407. The van der Waals surface area contributed by atoms with E-state index in [1.54, 1.807) is 19.1 Å². The number of para-hydroxylation sites is 1. The zero-order valence-corrected chi connectivity index (χ0v) is 11.5. The zero-order valence-electron chi connectivity index (χ0n) is 11.5. The second-order valence-electron chi connectivity index (χ2n) is 4.38. The van der Waals surface area contributed by atoms with Gasteiger partial charge in [-0.15, -0.1) is 0 Å². The van der Waals surface area contributed by atoms with Crippen LogP contribution < -0.4 is 10.5 Å². The highest BCUT2D eigenvalue weighted by Crippen LogP contribution is 2.28. The van der Waals surface area contributed by atoms with E-state index in [2.05, 4.69) is 0 Å². The summed E-state index contributed by atoms with van der Waals surface area (Å²) in [5.74, 6) is 0.741. The number of rotatable bonds is 5. The van der Waals surface area contributed by atoms with Crippen LogP contribution in [-0.2, 0) is 4.79 Å². The number of nitrogens with zero attached hydrogens (tertiary/aromatic N) is 1. The molecule has 0 heterocycles. The molecule has 0 radical (unpaired) electrons. The van der Waals surface area contributed by atoms with E-state index in [0.29, 0.717) is 6.42 Å². The van der Waals surface area contributed by atoms with Gasteiger partial charge in [0.05, 0.1) is 19.2 Å². The number of nitrogens with two attached hydrogens (primary N) is 1. The predicted molar refractivity (Wildman–Crippen MR) is 72.4 cm³/mol. The molecule has 0 fully saturated rings. The monoisotopic (exact) mass is 250 g/mol. The van der Waals surface area contributed by atoms with Crippen molar-refractivity contribution in [3.63, 3.8) is 0 Å². The standard InChI is InChI=1S/C14H22N2O2/c1-5-12(15)14(17)16(3)10(2)11-8-6-7-9-13(11)18-4/h6-10,12H,5,15H2,1-4H3/t10?,12-/m1/s1. The van der Waals surface area contributed by atoms with Gasteiger partial charge >= 0.3 is 0 Å². The number of likely N-dealkylation sites (N-methyl/N-ethyl adjacent to an activating group) is 1. The van der Waals surface area contributed by atoms with Gasteiger partial charge in [-0.3, -0.25) is 4.79 Å². The molecule has 1 aromatic carbocycles. The fourth-order valence-electron chi connectivity index (χ4n) is 1.85. The molecule has 2 N–H and O–H groups in total. The Hall–Kier alpha value is -1.55. The number of methoxy groups -OCH3 is 1. The molecule has 4 heteroatoms. The zero-order chi connectivity index (χ0) is 13.7. The van der Waals surface area contributed by atoms with Crippen molar-refractivity contribution in [1.29, 1.82) is 0 Å². The Morgan fingerprint density at radius 2 is 2.06 bits per heavy atom. The Kier molecular flexibility index (Phi) is 5.16. The Labute approximate surface area is 109 Å². The van der Waals surface area contributed by atoms with Gasteiger partial charge in [-0.1, -0.05) is 25.1 Å². The van der Waals surface area contributed by atoms with Gasteiger partial charge in [0.25, 0.3) is 0 Å². The molecular weight excluding hydrogens is 228 g/mol. The summed E-state index contributed by atoms with van der Waals surface area (Å²) in [7, 11) is 3.40. The quantitative estimate of drug-likeness (QED) is 0.869. The van der Waals surface area contributed by atoms with Crippen LogP contribution in [0.4, 0.5) is 0 Å². The summed E-state index contributed by atoms with van der Waals surface area (Å²) in [6, 6.07) is 7.20. The maximum atomic E-state index is 12.0. The van der Waals surface area contributed by atoms with Gasteiger partial charge < -0.3 is 15.4 Å². The molecule has 0 aliphatic carbocycles. The molecule has 0 aliphatic heterocycles. The van der Waals surface area contributed by atoms with E-state index in [9.17, 15) is 4.79 Å². The first-order chi connectivity index (χ1) is 8.52. The molecule has 0 saturated heterocycles. The number of amides is 1. The highest BCUT2D eigenvalue weighted by molar-refractivity contribution is 5.81. The van der Waals surface area contributed by atoms with Crippen LogP contribution in [-0.4, -0.2) is 31.0 Å². The molecule has 1 unspecified atom stereocenters. The molecule has 18 heavy (non-hydrogen) atoms. The van der Waals surface area contributed by atoms with Gasteiger partial charge in [-0.05, 0) is 19.4 Å². The number of hydrogen-bond donors (Lipinski definition) is 1. The van der Waals surface area contributed by atoms with Crippen LogP contribution in [0.15, 0.2) is 24.3 Å². The molecule has 100 valence electrons. The number of carbonyl (C=O) groups excluding carboxylic acids is 1. The third kappa shape index (κ3) is 3.01. The average molecular weight is 250 g/mol. The fraction of sp³-hybridized carbons (Fsp3) is 0.500. The van der Waals surface area contributed by atoms with E-state index in [-0.39, 0.29) is 11.9 Å². The summed E-state index contributed by atoms with van der Waals surface area (Å²) < 4.78 is 5.31. The van der Waals surface area contributed by atoms with E-state index in [1.807, 2.05) is 38.1 Å². The Morgan fingerprint density at radius 1 is 1.44 bits per heavy atom. The van der Waals surface area contributed by atoms with Crippen molar-refractivity contribution in [2.75, 3.05) is 14.2 Å². The van der Waals surface area contributed by atoms with Gasteiger partial charge in [0.1, 0.15) is 5.75 Å². The first kappa shape index (κ1) is 14.5. The van der Waals surface area contributed by atoms with Crippen molar-refractivity contribution >= 4 is 5.91 Å². The van der Waals surface area contributed by atoms with Crippen LogP contribution in [0.3, 0.4) is 0 Å². The number of carbonyl (C=O) groups is 1. The van der Waals surface area contributed by atoms with Crippen LogP contribution in [0.2, 0.25) is 0 Å². The molecule has 4 nitrogen and oxygen atoms in total. The van der Waals surface area contributed by atoms with Crippen LogP contribution in [0.25, 0.3) is 0 Å². The fourth-order valence-corrected chi connectivity index (χ4v) is 1.85. The summed E-state index contributed by atoms with van der Waals surface area (Å²) in [6.45, 7) is 3.88. The maximum absolute atomic E-state index is 12.0. The molecule has 0 bridgehead atoms. The SMILES string of the molecule is CC[C@@H](N)C(=O)N(C)C(C)c1ccccc1OC. The van der Waals surface area contributed by atoms with Crippen LogP contribution >= 0.6 is 0 Å². The topological polar surface area (TPSA) is 55.6 Å². The predicted octanol–water partition coefficient (Wildman–Crippen LogP) is 1.95. The molecular formula is C14H22N2O2. The lowest BCUT2D eigenvalue weighted by Crippen LogP contribution is -2.42. The normalized spacial score (nSPS) is 13.8. The molecule has 1 amide bonds. The lowest BCUT2D eigenvalue weighted by molar-refractivity contribution is -0.133. The highest BCUT2D eigenvalue weighted by atomic mass is 16.5. The first-order valence-corrected chi connectivity index (χ1v) is 6.18. The van der Waals surface area contributed by atoms with Gasteiger partial charge in [0.15, 0.2) is 0 Å². The van der Waals surface area contributed by atoms with Crippen LogP contribution in [0, 0.1) is 0 Å². The lowest BCUT2D eigenvalue weighted by Gasteiger charge is -2.28. The maximum Gasteiger partial charge on any atom is 0.239 e. The Balaban J connectivity index is 2.92. The summed E-state index contributed by atoms with van der Waals surface area (Å²) in [4.78, 5) is 13.7. The van der Waals surface area contributed by atoms with Crippen molar-refractivity contribution < 1.29 is 9.53 Å². The van der Waals surface area contributed by atoms with Crippen molar-refractivity contribution in [2.45, 2.75) is 32.4 Å². The summed E-state index contributed by atoms with van der Waals surface area (Å²) >= 11 is 0. The van der Waals surface area contributed by atoms with Gasteiger partial charge in [0.2, 0.25) is 5.91 Å². The second-order valence-corrected chi connectivity index (χ2v) is 4.38. The van der Waals surface area contributed by atoms with Gasteiger partial charge in [-0.2, -0.15) is 0 Å². The summed E-state index contributed by atoms with van der Waals surface area (Å²) in [6.07, 6.45) is 0.641. The van der Waals surface area contributed by atoms with Gasteiger partial charge in [-0.25, -0.2) is 0 Å². The van der Waals surface area contributed by atoms with Crippen molar-refractivity contribution in [2.24, 2.45) is 5.73 Å². The second kappa shape index (κ2) is 6.40. The van der Waals surface area contributed by atoms with Gasteiger partial charge in [0, 0.05) is 12.6 Å². The largest absolute Gasteiger partial charge is 0.496 e. The lowest BCUT2D eigenvalue weighted by atomic mass is 10.0. The van der Waals surface area contributed by atoms with E-state index < -0.39 is 6.04 Å². The Morgan fingerprint density at radius 3 is 2.61 bits per heavy atom. The van der Waals surface area contributed by atoms with Crippen molar-refractivity contribution in [1.82, 2.24) is 4.90 Å². The molecule has 2 atom stereocenters. The number of benzene rings is 1. The minimum absolute atomic E-state index is 0.0455. The van der Waals surface area contributed by atoms with Crippen molar-refractivity contribution in [3.05, 3.63) is 29.8 Å². The third-order valence-corrected chi connectivity index (χ3v) is 3.27. The van der Waals surface area contributed by atoms with Crippen LogP contribution in [0.1, 0.15) is 31.9 Å². The molecule has 0 spiro atoms. The molecule has 0 saturated carbocycles. The summed E-state index contributed by atoms with van der Waals surface area (Å²) in [5.41, 5.74) is 6.77. The minimum atomic E-state index is -0.438. The molecule has 1 aromatic rings. The van der Waals surface area contributed by atoms with Crippen molar-refractivity contribution in [3.8, 4) is 5.75 Å². The first-order valence-electron chi connectivity index (χ1n) is 6.18. The van der Waals surface area contributed by atoms with E-state index >= 15 is 0 Å². The van der Waals surface area contributed by atoms with Crippen LogP contribution in [0.5, 0.6) is 5.75 Å². The summed E-state index contributed by atoms with van der Waals surface area (Å²) in [5, 5.41) is 0. The number of ether oxygens (including phenoxy) is 1.